The minimum atomic E-state index is 0.613. The standard InChI is InChI=1S/C17H27N3S/c1-4-18-17(21)20-11-9-19(10-12-20)13-15-5-7-16(8-6-15)14(2)3/h5-8,14H,4,9-13H2,1-3H3,(H,18,21)/p+1. The first-order chi connectivity index (χ1) is 10.1. The largest absolute Gasteiger partial charge is 0.363 e. The van der Waals surface area contributed by atoms with Crippen LogP contribution in [0.2, 0.25) is 0 Å². The number of hydrogen-bond donors (Lipinski definition) is 2. The zero-order valence-electron chi connectivity index (χ0n) is 13.5. The van der Waals surface area contributed by atoms with Gasteiger partial charge in [-0.1, -0.05) is 38.1 Å². The lowest BCUT2D eigenvalue weighted by Gasteiger charge is -2.33. The molecule has 0 saturated carbocycles. The molecule has 0 atom stereocenters. The maximum absolute atomic E-state index is 5.39. The van der Waals surface area contributed by atoms with Gasteiger partial charge in [0.25, 0.3) is 0 Å². The first-order valence-electron chi connectivity index (χ1n) is 8.05. The van der Waals surface area contributed by atoms with Crippen molar-refractivity contribution in [2.45, 2.75) is 33.2 Å². The molecule has 116 valence electrons. The van der Waals surface area contributed by atoms with E-state index in [0.29, 0.717) is 5.92 Å². The molecular formula is C17H28N3S+. The van der Waals surface area contributed by atoms with Crippen molar-refractivity contribution in [2.75, 3.05) is 32.7 Å². The van der Waals surface area contributed by atoms with E-state index in [2.05, 4.69) is 55.3 Å². The van der Waals surface area contributed by atoms with Gasteiger partial charge in [-0.3, -0.25) is 0 Å². The molecule has 0 radical (unpaired) electrons. The van der Waals surface area contributed by atoms with Crippen molar-refractivity contribution >= 4 is 17.3 Å². The van der Waals surface area contributed by atoms with Crippen molar-refractivity contribution in [3.8, 4) is 0 Å². The van der Waals surface area contributed by atoms with E-state index in [0.717, 1.165) is 44.4 Å². The smallest absolute Gasteiger partial charge is 0.169 e. The predicted molar refractivity (Wildman–Crippen MR) is 92.8 cm³/mol. The summed E-state index contributed by atoms with van der Waals surface area (Å²) in [4.78, 5) is 3.95. The molecule has 1 saturated heterocycles. The Balaban J connectivity index is 1.82. The van der Waals surface area contributed by atoms with E-state index in [-0.39, 0.29) is 0 Å². The SMILES string of the molecule is CCNC(=S)N1CC[NH+](Cc2ccc(C(C)C)cc2)CC1. The summed E-state index contributed by atoms with van der Waals surface area (Å²) in [6.45, 7) is 13.1. The lowest BCUT2D eigenvalue weighted by molar-refractivity contribution is -0.917. The van der Waals surface area contributed by atoms with Crippen molar-refractivity contribution < 1.29 is 4.90 Å². The zero-order valence-corrected chi connectivity index (χ0v) is 14.3. The third kappa shape index (κ3) is 4.68. The molecule has 4 heteroatoms. The molecule has 1 aliphatic heterocycles. The van der Waals surface area contributed by atoms with Crippen LogP contribution in [0.25, 0.3) is 0 Å². The highest BCUT2D eigenvalue weighted by Gasteiger charge is 2.21. The van der Waals surface area contributed by atoms with Gasteiger partial charge in [0.2, 0.25) is 0 Å². The molecule has 1 heterocycles. The van der Waals surface area contributed by atoms with E-state index < -0.39 is 0 Å². The molecule has 0 aliphatic carbocycles. The average molecular weight is 306 g/mol. The number of quaternary nitrogens is 1. The Labute approximate surface area is 134 Å². The van der Waals surface area contributed by atoms with Gasteiger partial charge >= 0.3 is 0 Å². The van der Waals surface area contributed by atoms with Gasteiger partial charge in [-0.25, -0.2) is 0 Å². The van der Waals surface area contributed by atoms with Crippen LogP contribution < -0.4 is 10.2 Å². The summed E-state index contributed by atoms with van der Waals surface area (Å²) in [6.07, 6.45) is 0. The van der Waals surface area contributed by atoms with Crippen molar-refractivity contribution in [3.05, 3.63) is 35.4 Å². The first-order valence-corrected chi connectivity index (χ1v) is 8.46. The lowest BCUT2D eigenvalue weighted by atomic mass is 10.0. The fourth-order valence-electron chi connectivity index (χ4n) is 2.77. The Morgan fingerprint density at radius 1 is 1.24 bits per heavy atom. The average Bonchev–Trinajstić information content (AvgIpc) is 2.49. The van der Waals surface area contributed by atoms with Crippen LogP contribution in [0.5, 0.6) is 0 Å². The molecule has 1 aliphatic rings. The Hall–Kier alpha value is -1.13. The van der Waals surface area contributed by atoms with Crippen molar-refractivity contribution in [3.63, 3.8) is 0 Å². The summed E-state index contributed by atoms with van der Waals surface area (Å²) in [5.74, 6) is 0.613. The van der Waals surface area contributed by atoms with Gasteiger partial charge in [-0.15, -0.1) is 0 Å². The second-order valence-electron chi connectivity index (χ2n) is 6.15. The maximum Gasteiger partial charge on any atom is 0.169 e. The normalized spacial score (nSPS) is 16.3. The highest BCUT2D eigenvalue weighted by Crippen LogP contribution is 2.14. The minimum absolute atomic E-state index is 0.613. The number of rotatable bonds is 4. The maximum atomic E-state index is 5.39. The van der Waals surface area contributed by atoms with Crippen LogP contribution in [0.4, 0.5) is 0 Å². The van der Waals surface area contributed by atoms with Gasteiger partial charge in [-0.05, 0) is 30.6 Å². The molecule has 2 N–H and O–H groups in total. The highest BCUT2D eigenvalue weighted by atomic mass is 32.1. The highest BCUT2D eigenvalue weighted by molar-refractivity contribution is 7.80. The van der Waals surface area contributed by atoms with Crippen LogP contribution in [-0.4, -0.2) is 42.7 Å². The number of nitrogens with one attached hydrogen (secondary N) is 2. The molecular weight excluding hydrogens is 278 g/mol. The van der Waals surface area contributed by atoms with E-state index in [1.807, 2.05) is 0 Å². The molecule has 3 nitrogen and oxygen atoms in total. The van der Waals surface area contributed by atoms with Crippen molar-refractivity contribution in [2.24, 2.45) is 0 Å². The molecule has 1 aromatic carbocycles. The molecule has 0 aromatic heterocycles. The fourth-order valence-corrected chi connectivity index (χ4v) is 3.10. The number of piperazine rings is 1. The van der Waals surface area contributed by atoms with E-state index >= 15 is 0 Å². The van der Waals surface area contributed by atoms with Crippen molar-refractivity contribution in [1.29, 1.82) is 0 Å². The summed E-state index contributed by atoms with van der Waals surface area (Å²) < 4.78 is 0. The summed E-state index contributed by atoms with van der Waals surface area (Å²) in [5.41, 5.74) is 2.87. The second-order valence-corrected chi connectivity index (χ2v) is 6.53. The minimum Gasteiger partial charge on any atom is -0.363 e. The van der Waals surface area contributed by atoms with E-state index in [9.17, 15) is 0 Å². The van der Waals surface area contributed by atoms with Gasteiger partial charge in [-0.2, -0.15) is 0 Å². The van der Waals surface area contributed by atoms with E-state index in [1.54, 1.807) is 4.90 Å². The van der Waals surface area contributed by atoms with Crippen LogP contribution >= 0.6 is 12.2 Å². The summed E-state index contributed by atoms with van der Waals surface area (Å²) >= 11 is 5.39. The van der Waals surface area contributed by atoms with Gasteiger partial charge in [0.05, 0.1) is 26.2 Å². The Morgan fingerprint density at radius 3 is 2.38 bits per heavy atom. The predicted octanol–water partition coefficient (Wildman–Crippen LogP) is 1.40. The quantitative estimate of drug-likeness (QED) is 0.821. The van der Waals surface area contributed by atoms with Crippen molar-refractivity contribution in [1.82, 2.24) is 10.2 Å². The number of hydrogen-bond acceptors (Lipinski definition) is 1. The molecule has 0 amide bonds. The Kier molecular flexibility index (Phi) is 6.00. The molecule has 0 bridgehead atoms. The van der Waals surface area contributed by atoms with E-state index in [1.165, 1.54) is 11.1 Å². The molecule has 0 spiro atoms. The second kappa shape index (κ2) is 7.76. The summed E-state index contributed by atoms with van der Waals surface area (Å²) in [6, 6.07) is 9.13. The third-order valence-electron chi connectivity index (χ3n) is 4.19. The molecule has 21 heavy (non-hydrogen) atoms. The van der Waals surface area contributed by atoms with Gasteiger partial charge in [0.15, 0.2) is 5.11 Å². The van der Waals surface area contributed by atoms with E-state index in [4.69, 9.17) is 12.2 Å². The number of benzene rings is 1. The van der Waals surface area contributed by atoms with Crippen LogP contribution in [0.3, 0.4) is 0 Å². The zero-order chi connectivity index (χ0) is 15.2. The first kappa shape index (κ1) is 16.2. The van der Waals surface area contributed by atoms with Gasteiger partial charge in [0, 0.05) is 12.1 Å². The Bertz CT molecular complexity index is 448. The number of thiocarbonyl (C=S) groups is 1. The lowest BCUT2D eigenvalue weighted by Crippen LogP contribution is -3.13. The Morgan fingerprint density at radius 2 is 1.86 bits per heavy atom. The fraction of sp³-hybridized carbons (Fsp3) is 0.588. The number of nitrogens with zero attached hydrogens (tertiary/aromatic N) is 1. The third-order valence-corrected chi connectivity index (χ3v) is 4.59. The van der Waals surface area contributed by atoms with Crippen LogP contribution in [0, 0.1) is 0 Å². The molecule has 1 aromatic rings. The molecule has 2 rings (SSSR count). The summed E-state index contributed by atoms with van der Waals surface area (Å²) in [7, 11) is 0. The van der Waals surface area contributed by atoms with Crippen LogP contribution in [-0.2, 0) is 6.54 Å². The van der Waals surface area contributed by atoms with Crippen LogP contribution in [0.15, 0.2) is 24.3 Å². The summed E-state index contributed by atoms with van der Waals surface area (Å²) in [5, 5.41) is 4.16. The molecule has 1 fully saturated rings. The van der Waals surface area contributed by atoms with Gasteiger partial charge < -0.3 is 15.1 Å². The topological polar surface area (TPSA) is 19.7 Å². The monoisotopic (exact) mass is 306 g/mol. The molecule has 0 unspecified atom stereocenters. The van der Waals surface area contributed by atoms with Gasteiger partial charge in [0.1, 0.15) is 6.54 Å². The van der Waals surface area contributed by atoms with Crippen LogP contribution in [0.1, 0.15) is 37.8 Å².